The molecule has 0 aliphatic carbocycles. The number of hydrogen-bond donors (Lipinski definition) is 2. The normalized spacial score (nSPS) is 21.9. The topological polar surface area (TPSA) is 91.6 Å². The van der Waals surface area contributed by atoms with Crippen LogP contribution in [-0.4, -0.2) is 57.5 Å². The molecule has 2 heterocycles. The number of hydrogen-bond acceptors (Lipinski definition) is 6. The summed E-state index contributed by atoms with van der Waals surface area (Å²) in [5.41, 5.74) is -0.763. The largest absolute Gasteiger partial charge is 0.444 e. The Labute approximate surface area is 118 Å². The maximum Gasteiger partial charge on any atom is 0.410 e. The van der Waals surface area contributed by atoms with E-state index in [-0.39, 0.29) is 11.8 Å². The molecule has 2 aliphatic heterocycles. The number of ether oxygens (including phenoxy) is 1. The van der Waals surface area contributed by atoms with Gasteiger partial charge >= 0.3 is 6.09 Å². The van der Waals surface area contributed by atoms with E-state index >= 15 is 0 Å². The highest BCUT2D eigenvalue weighted by Gasteiger charge is 2.44. The molecule has 0 saturated carbocycles. The molecule has 1 spiro atoms. The summed E-state index contributed by atoms with van der Waals surface area (Å²) in [5.74, 6) is 0. The van der Waals surface area contributed by atoms with Gasteiger partial charge in [-0.2, -0.15) is 0 Å². The number of nitrogens with zero attached hydrogens (tertiary/aromatic N) is 2. The summed E-state index contributed by atoms with van der Waals surface area (Å²) in [6.45, 7) is 6.52. The van der Waals surface area contributed by atoms with E-state index in [4.69, 9.17) is 19.8 Å². The minimum Gasteiger partial charge on any atom is -0.444 e. The monoisotopic (exact) mass is 286 g/mol. The van der Waals surface area contributed by atoms with Gasteiger partial charge in [-0.3, -0.25) is 0 Å². The SMILES string of the molecule is CC(C)(C)OC(=O)N1CCC2(CC1)CC(C(O)O)=NO2. The predicted molar refractivity (Wildman–Crippen MR) is 71.1 cm³/mol. The van der Waals surface area contributed by atoms with Gasteiger partial charge in [0.1, 0.15) is 16.9 Å². The summed E-state index contributed by atoms with van der Waals surface area (Å²) >= 11 is 0. The summed E-state index contributed by atoms with van der Waals surface area (Å²) in [6, 6.07) is 0. The molecule has 2 rings (SSSR count). The number of amides is 1. The lowest BCUT2D eigenvalue weighted by Gasteiger charge is -2.37. The molecule has 0 aromatic rings. The number of likely N-dealkylation sites (tertiary alicyclic amines) is 1. The highest BCUT2D eigenvalue weighted by molar-refractivity contribution is 5.88. The molecule has 7 heteroatoms. The van der Waals surface area contributed by atoms with Crippen LogP contribution in [0, 0.1) is 0 Å². The van der Waals surface area contributed by atoms with E-state index in [0.29, 0.717) is 32.4 Å². The number of piperidine rings is 1. The van der Waals surface area contributed by atoms with Gasteiger partial charge in [0.2, 0.25) is 0 Å². The first-order chi connectivity index (χ1) is 9.21. The molecule has 0 aromatic heterocycles. The Kier molecular flexibility index (Phi) is 3.93. The highest BCUT2D eigenvalue weighted by Crippen LogP contribution is 2.35. The smallest absolute Gasteiger partial charge is 0.410 e. The van der Waals surface area contributed by atoms with E-state index in [1.807, 2.05) is 20.8 Å². The van der Waals surface area contributed by atoms with Gasteiger partial charge in [0, 0.05) is 32.4 Å². The second-order valence-electron chi connectivity index (χ2n) is 6.37. The van der Waals surface area contributed by atoms with Gasteiger partial charge in [0.05, 0.1) is 0 Å². The molecule has 20 heavy (non-hydrogen) atoms. The van der Waals surface area contributed by atoms with Crippen LogP contribution in [0.2, 0.25) is 0 Å². The zero-order valence-electron chi connectivity index (χ0n) is 12.1. The van der Waals surface area contributed by atoms with Gasteiger partial charge in [-0.05, 0) is 20.8 Å². The van der Waals surface area contributed by atoms with Crippen molar-refractivity contribution in [3.8, 4) is 0 Å². The van der Waals surface area contributed by atoms with Crippen molar-refractivity contribution < 1.29 is 24.6 Å². The molecule has 1 amide bonds. The fourth-order valence-electron chi connectivity index (χ4n) is 2.38. The number of carbonyl (C=O) groups is 1. The van der Waals surface area contributed by atoms with Gasteiger partial charge in [-0.1, -0.05) is 5.16 Å². The van der Waals surface area contributed by atoms with E-state index < -0.39 is 17.5 Å². The van der Waals surface area contributed by atoms with Gasteiger partial charge in [0.15, 0.2) is 6.29 Å². The zero-order valence-corrected chi connectivity index (χ0v) is 12.1. The molecule has 2 aliphatic rings. The molecule has 2 N–H and O–H groups in total. The van der Waals surface area contributed by atoms with Gasteiger partial charge in [-0.15, -0.1) is 0 Å². The van der Waals surface area contributed by atoms with Crippen LogP contribution in [0.25, 0.3) is 0 Å². The van der Waals surface area contributed by atoms with Crippen LogP contribution >= 0.6 is 0 Å². The van der Waals surface area contributed by atoms with Crippen LogP contribution in [0.15, 0.2) is 5.16 Å². The van der Waals surface area contributed by atoms with Crippen molar-refractivity contribution in [1.82, 2.24) is 4.90 Å². The molecular formula is C13H22N2O5. The molecular weight excluding hydrogens is 264 g/mol. The van der Waals surface area contributed by atoms with Gasteiger partial charge < -0.3 is 24.7 Å². The number of oxime groups is 1. The Morgan fingerprint density at radius 3 is 2.45 bits per heavy atom. The first-order valence-corrected chi connectivity index (χ1v) is 6.80. The van der Waals surface area contributed by atoms with Crippen LogP contribution in [0.1, 0.15) is 40.0 Å². The first kappa shape index (κ1) is 15.1. The third kappa shape index (κ3) is 3.40. The first-order valence-electron chi connectivity index (χ1n) is 6.80. The summed E-state index contributed by atoms with van der Waals surface area (Å²) in [4.78, 5) is 19.0. The van der Waals surface area contributed by atoms with Crippen molar-refractivity contribution in [3.63, 3.8) is 0 Å². The lowest BCUT2D eigenvalue weighted by molar-refractivity contribution is -0.0639. The Hall–Kier alpha value is -1.34. The summed E-state index contributed by atoms with van der Waals surface area (Å²) in [7, 11) is 0. The quantitative estimate of drug-likeness (QED) is 0.697. The van der Waals surface area contributed by atoms with Crippen molar-refractivity contribution in [1.29, 1.82) is 0 Å². The van der Waals surface area contributed by atoms with Crippen molar-refractivity contribution in [2.45, 2.75) is 57.5 Å². The average molecular weight is 286 g/mol. The lowest BCUT2D eigenvalue weighted by atomic mass is 9.87. The molecule has 0 unspecified atom stereocenters. The fourth-order valence-corrected chi connectivity index (χ4v) is 2.38. The standard InChI is InChI=1S/C13H22N2O5/c1-12(2,3)19-11(18)15-6-4-13(5-7-15)8-9(10(16)17)14-20-13/h10,16-17H,4-8H2,1-3H3. The Morgan fingerprint density at radius 2 is 2.00 bits per heavy atom. The minimum absolute atomic E-state index is 0.246. The van der Waals surface area contributed by atoms with E-state index in [9.17, 15) is 4.79 Å². The molecule has 1 fully saturated rings. The summed E-state index contributed by atoms with van der Waals surface area (Å²) < 4.78 is 5.33. The van der Waals surface area contributed by atoms with Crippen molar-refractivity contribution in [3.05, 3.63) is 0 Å². The highest BCUT2D eigenvalue weighted by atomic mass is 16.7. The van der Waals surface area contributed by atoms with Crippen LogP contribution in [0.5, 0.6) is 0 Å². The van der Waals surface area contributed by atoms with E-state index in [1.165, 1.54) is 0 Å². The van der Waals surface area contributed by atoms with E-state index in [1.54, 1.807) is 4.90 Å². The van der Waals surface area contributed by atoms with Gasteiger partial charge in [0.25, 0.3) is 0 Å². The summed E-state index contributed by atoms with van der Waals surface area (Å²) in [5, 5.41) is 21.9. The molecule has 114 valence electrons. The minimum atomic E-state index is -1.57. The zero-order chi connectivity index (χ0) is 15.0. The number of aliphatic hydroxyl groups excluding tert-OH is 1. The van der Waals surface area contributed by atoms with Crippen molar-refractivity contribution in [2.75, 3.05) is 13.1 Å². The maximum absolute atomic E-state index is 11.9. The lowest BCUT2D eigenvalue weighted by Crippen LogP contribution is -2.48. The van der Waals surface area contributed by atoms with Crippen molar-refractivity contribution in [2.24, 2.45) is 5.16 Å². The Morgan fingerprint density at radius 1 is 1.40 bits per heavy atom. The fraction of sp³-hybridized carbons (Fsp3) is 0.846. The molecule has 1 saturated heterocycles. The molecule has 0 radical (unpaired) electrons. The molecule has 7 nitrogen and oxygen atoms in total. The predicted octanol–water partition coefficient (Wildman–Crippen LogP) is 0.843. The third-order valence-electron chi connectivity index (χ3n) is 3.48. The molecule has 0 bridgehead atoms. The maximum atomic E-state index is 11.9. The molecule has 0 aromatic carbocycles. The molecule has 0 atom stereocenters. The number of carbonyl (C=O) groups excluding carboxylic acids is 1. The summed E-state index contributed by atoms with van der Waals surface area (Å²) in [6.07, 6.45) is -0.294. The van der Waals surface area contributed by atoms with Crippen molar-refractivity contribution >= 4 is 11.8 Å². The number of aliphatic hydroxyl groups is 2. The van der Waals surface area contributed by atoms with Crippen LogP contribution < -0.4 is 0 Å². The van der Waals surface area contributed by atoms with Crippen LogP contribution in [0.4, 0.5) is 4.79 Å². The van der Waals surface area contributed by atoms with Gasteiger partial charge in [-0.25, -0.2) is 4.79 Å². The van der Waals surface area contributed by atoms with Crippen LogP contribution in [-0.2, 0) is 9.57 Å². The second kappa shape index (κ2) is 5.21. The van der Waals surface area contributed by atoms with Crippen LogP contribution in [0.3, 0.4) is 0 Å². The van der Waals surface area contributed by atoms with E-state index in [0.717, 1.165) is 0 Å². The second-order valence-corrected chi connectivity index (χ2v) is 6.37. The number of rotatable bonds is 1. The third-order valence-corrected chi connectivity index (χ3v) is 3.48. The Bertz CT molecular complexity index is 405. The Balaban J connectivity index is 1.86. The van der Waals surface area contributed by atoms with E-state index in [2.05, 4.69) is 5.16 Å². The average Bonchev–Trinajstić information content (AvgIpc) is 2.72.